The molecule has 1 atom stereocenters. The van der Waals surface area contributed by atoms with Crippen LogP contribution in [0.2, 0.25) is 0 Å². The highest BCUT2D eigenvalue weighted by Gasteiger charge is 2.44. The lowest BCUT2D eigenvalue weighted by molar-refractivity contribution is 0.0110. The molecule has 1 fully saturated rings. The lowest BCUT2D eigenvalue weighted by Gasteiger charge is -2.35. The quantitative estimate of drug-likeness (QED) is 0.777. The van der Waals surface area contributed by atoms with E-state index in [1.807, 2.05) is 20.0 Å². The Morgan fingerprint density at radius 1 is 1.45 bits per heavy atom. The van der Waals surface area contributed by atoms with Crippen LogP contribution in [0.25, 0.3) is 0 Å². The van der Waals surface area contributed by atoms with Gasteiger partial charge in [-0.05, 0) is 31.7 Å². The predicted molar refractivity (Wildman–Crippen MR) is 75.0 cm³/mol. The molecule has 6 nitrogen and oxygen atoms in total. The molecule has 0 radical (unpaired) electrons. The van der Waals surface area contributed by atoms with Gasteiger partial charge >= 0.3 is 0 Å². The zero-order chi connectivity index (χ0) is 15.0. The number of sulfone groups is 1. The van der Waals surface area contributed by atoms with Crippen molar-refractivity contribution in [3.05, 3.63) is 17.5 Å². The number of aliphatic hydroxyl groups is 2. The van der Waals surface area contributed by atoms with E-state index in [0.717, 1.165) is 11.4 Å². The number of aryl methyl sites for hydroxylation is 2. The van der Waals surface area contributed by atoms with Crippen LogP contribution in [-0.2, 0) is 23.3 Å². The van der Waals surface area contributed by atoms with Crippen LogP contribution < -0.4 is 0 Å². The number of aliphatic hydroxyl groups excluding tert-OH is 2. The summed E-state index contributed by atoms with van der Waals surface area (Å²) in [5, 5.41) is 23.8. The van der Waals surface area contributed by atoms with E-state index in [4.69, 9.17) is 0 Å². The molecule has 0 saturated carbocycles. The molecule has 1 aliphatic heterocycles. The van der Waals surface area contributed by atoms with Crippen molar-refractivity contribution < 1.29 is 18.6 Å². The molecule has 0 spiro atoms. The summed E-state index contributed by atoms with van der Waals surface area (Å²) < 4.78 is 25.0. The summed E-state index contributed by atoms with van der Waals surface area (Å²) in [7, 11) is -1.23. The minimum absolute atomic E-state index is 0.0466. The van der Waals surface area contributed by atoms with Crippen LogP contribution in [0.5, 0.6) is 0 Å². The van der Waals surface area contributed by atoms with E-state index in [9.17, 15) is 18.6 Å². The normalized spacial score (nSPS) is 22.3. The maximum Gasteiger partial charge on any atom is 0.150 e. The molecule has 1 aliphatic rings. The van der Waals surface area contributed by atoms with E-state index in [1.54, 1.807) is 4.68 Å². The maximum atomic E-state index is 11.7. The van der Waals surface area contributed by atoms with Crippen LogP contribution in [0.15, 0.2) is 6.07 Å². The molecule has 114 valence electrons. The monoisotopic (exact) mass is 302 g/mol. The van der Waals surface area contributed by atoms with E-state index in [0.29, 0.717) is 12.8 Å². The second-order valence-electron chi connectivity index (χ2n) is 5.86. The van der Waals surface area contributed by atoms with Crippen molar-refractivity contribution in [2.24, 2.45) is 18.4 Å². The highest BCUT2D eigenvalue weighted by atomic mass is 32.2. The van der Waals surface area contributed by atoms with Crippen LogP contribution in [-0.4, -0.2) is 53.1 Å². The molecule has 0 amide bonds. The van der Waals surface area contributed by atoms with E-state index in [1.165, 1.54) is 0 Å². The van der Waals surface area contributed by atoms with Crippen LogP contribution in [0.1, 0.15) is 17.8 Å². The van der Waals surface area contributed by atoms with Gasteiger partial charge in [0.25, 0.3) is 0 Å². The first-order valence-corrected chi connectivity index (χ1v) is 8.56. The van der Waals surface area contributed by atoms with E-state index >= 15 is 0 Å². The standard InChI is InChI=1S/C13H22N2O4S/c1-10-5-12(15(2)14-10)6-13(8-16,9-17)11-3-4-20(18,19)7-11/h5,11,16-17H,3-4,6-9H2,1-2H3. The maximum absolute atomic E-state index is 11.7. The van der Waals surface area contributed by atoms with Crippen molar-refractivity contribution in [2.45, 2.75) is 19.8 Å². The average molecular weight is 302 g/mol. The third-order valence-electron chi connectivity index (χ3n) is 4.36. The number of hydrogen-bond donors (Lipinski definition) is 2. The Balaban J connectivity index is 2.28. The lowest BCUT2D eigenvalue weighted by Crippen LogP contribution is -2.41. The first kappa shape index (κ1) is 15.5. The zero-order valence-corrected chi connectivity index (χ0v) is 12.7. The van der Waals surface area contributed by atoms with Crippen LogP contribution in [0.3, 0.4) is 0 Å². The second kappa shape index (κ2) is 5.46. The third-order valence-corrected chi connectivity index (χ3v) is 6.13. The minimum Gasteiger partial charge on any atom is -0.396 e. The van der Waals surface area contributed by atoms with Gasteiger partial charge in [-0.25, -0.2) is 8.42 Å². The smallest absolute Gasteiger partial charge is 0.150 e. The van der Waals surface area contributed by atoms with Crippen LogP contribution in [0, 0.1) is 18.3 Å². The average Bonchev–Trinajstić information content (AvgIpc) is 2.89. The molecule has 2 rings (SSSR count). The molecule has 1 aromatic heterocycles. The molecule has 0 aliphatic carbocycles. The van der Waals surface area contributed by atoms with Crippen LogP contribution >= 0.6 is 0 Å². The van der Waals surface area contributed by atoms with E-state index < -0.39 is 15.3 Å². The molecule has 0 aromatic carbocycles. The first-order chi connectivity index (χ1) is 9.32. The molecule has 0 bridgehead atoms. The summed E-state index contributed by atoms with van der Waals surface area (Å²) in [4.78, 5) is 0. The van der Waals surface area contributed by atoms with Gasteiger partial charge in [-0.2, -0.15) is 5.10 Å². The zero-order valence-electron chi connectivity index (χ0n) is 11.9. The van der Waals surface area contributed by atoms with Crippen molar-refractivity contribution in [2.75, 3.05) is 24.7 Å². The fraction of sp³-hybridized carbons (Fsp3) is 0.769. The summed E-state index contributed by atoms with van der Waals surface area (Å²) in [5.41, 5.74) is 0.963. The van der Waals surface area contributed by atoms with Gasteiger partial charge in [-0.3, -0.25) is 4.68 Å². The van der Waals surface area contributed by atoms with Crippen molar-refractivity contribution in [1.29, 1.82) is 0 Å². The molecule has 20 heavy (non-hydrogen) atoms. The molecular formula is C13H22N2O4S. The third kappa shape index (κ3) is 2.89. The number of aromatic nitrogens is 2. The minimum atomic E-state index is -3.04. The van der Waals surface area contributed by atoms with Gasteiger partial charge in [0, 0.05) is 18.2 Å². The molecule has 2 heterocycles. The van der Waals surface area contributed by atoms with Gasteiger partial charge in [0.2, 0.25) is 0 Å². The first-order valence-electron chi connectivity index (χ1n) is 6.73. The summed E-state index contributed by atoms with van der Waals surface area (Å²) in [6, 6.07) is 1.91. The Labute approximate surface area is 119 Å². The van der Waals surface area contributed by atoms with Crippen LogP contribution in [0.4, 0.5) is 0 Å². The molecular weight excluding hydrogens is 280 g/mol. The summed E-state index contributed by atoms with van der Waals surface area (Å²) in [6.45, 7) is 1.42. The van der Waals surface area contributed by atoms with Crippen molar-refractivity contribution in [1.82, 2.24) is 9.78 Å². The molecule has 2 N–H and O–H groups in total. The fourth-order valence-corrected chi connectivity index (χ4v) is 4.98. The molecule has 7 heteroatoms. The SMILES string of the molecule is Cc1cc(CC(CO)(CO)C2CCS(=O)(=O)C2)n(C)n1. The van der Waals surface area contributed by atoms with Gasteiger partial charge in [0.1, 0.15) is 0 Å². The molecule has 1 aromatic rings. The van der Waals surface area contributed by atoms with Crippen molar-refractivity contribution in [3.63, 3.8) is 0 Å². The van der Waals surface area contributed by atoms with Gasteiger partial charge in [-0.1, -0.05) is 0 Å². The molecule has 1 unspecified atom stereocenters. The van der Waals surface area contributed by atoms with E-state index in [-0.39, 0.29) is 30.6 Å². The topological polar surface area (TPSA) is 92.4 Å². The van der Waals surface area contributed by atoms with Crippen molar-refractivity contribution in [3.8, 4) is 0 Å². The lowest BCUT2D eigenvalue weighted by atomic mass is 9.73. The second-order valence-corrected chi connectivity index (χ2v) is 8.08. The predicted octanol–water partition coefficient (Wildman–Crippen LogP) is -0.323. The Morgan fingerprint density at radius 2 is 2.10 bits per heavy atom. The fourth-order valence-electron chi connectivity index (χ4n) is 3.03. The summed E-state index contributed by atoms with van der Waals surface area (Å²) >= 11 is 0. The largest absolute Gasteiger partial charge is 0.396 e. The molecule has 1 saturated heterocycles. The Kier molecular flexibility index (Phi) is 4.22. The highest BCUT2D eigenvalue weighted by Crippen LogP contribution is 2.38. The number of nitrogens with zero attached hydrogens (tertiary/aromatic N) is 2. The van der Waals surface area contributed by atoms with Gasteiger partial charge in [-0.15, -0.1) is 0 Å². The number of rotatable bonds is 5. The Hall–Kier alpha value is -0.920. The Bertz CT molecular complexity index is 575. The van der Waals surface area contributed by atoms with Gasteiger partial charge < -0.3 is 10.2 Å². The van der Waals surface area contributed by atoms with Gasteiger partial charge in [0.15, 0.2) is 9.84 Å². The van der Waals surface area contributed by atoms with E-state index in [2.05, 4.69) is 5.10 Å². The highest BCUT2D eigenvalue weighted by molar-refractivity contribution is 7.91. The van der Waals surface area contributed by atoms with Gasteiger partial charge in [0.05, 0.1) is 30.4 Å². The summed E-state index contributed by atoms with van der Waals surface area (Å²) in [5.74, 6) is -0.0212. The Morgan fingerprint density at radius 3 is 2.50 bits per heavy atom. The summed E-state index contributed by atoms with van der Waals surface area (Å²) in [6.07, 6.45) is 0.928. The number of hydrogen-bond acceptors (Lipinski definition) is 5. The van der Waals surface area contributed by atoms with Crippen molar-refractivity contribution >= 4 is 9.84 Å².